The van der Waals surface area contributed by atoms with Gasteiger partial charge < -0.3 is 15.2 Å². The number of hydrogen-bond donors (Lipinski definition) is 2. The largest absolute Gasteiger partial charge is 0.481 e. The molecular formula is C14H18FNO4. The fourth-order valence-electron chi connectivity index (χ4n) is 1.56. The van der Waals surface area contributed by atoms with Crippen molar-refractivity contribution in [1.82, 2.24) is 5.32 Å². The molecule has 0 aliphatic rings. The summed E-state index contributed by atoms with van der Waals surface area (Å²) in [5.41, 5.74) is -0.639. The molecule has 0 radical (unpaired) electrons. The summed E-state index contributed by atoms with van der Waals surface area (Å²) >= 11 is 0. The summed E-state index contributed by atoms with van der Waals surface area (Å²) in [6.07, 6.45) is 0. The van der Waals surface area contributed by atoms with Crippen molar-refractivity contribution in [3.05, 3.63) is 30.1 Å². The second-order valence-corrected chi connectivity index (χ2v) is 5.42. The molecule has 1 amide bonds. The number of para-hydroxylation sites is 1. The number of benzene rings is 1. The molecule has 0 spiro atoms. The highest BCUT2D eigenvalue weighted by atomic mass is 19.1. The van der Waals surface area contributed by atoms with Crippen LogP contribution in [0.15, 0.2) is 24.3 Å². The van der Waals surface area contributed by atoms with Crippen LogP contribution in [0.25, 0.3) is 0 Å². The highest BCUT2D eigenvalue weighted by Crippen LogP contribution is 2.19. The Kier molecular flexibility index (Phi) is 5.07. The van der Waals surface area contributed by atoms with Crippen LogP contribution in [0.3, 0.4) is 0 Å². The Hall–Kier alpha value is -2.11. The van der Waals surface area contributed by atoms with Gasteiger partial charge in [0.1, 0.15) is 6.04 Å². The molecule has 1 aromatic carbocycles. The van der Waals surface area contributed by atoms with E-state index in [1.54, 1.807) is 26.8 Å². The van der Waals surface area contributed by atoms with E-state index in [0.717, 1.165) is 0 Å². The molecule has 0 fully saturated rings. The quantitative estimate of drug-likeness (QED) is 0.864. The van der Waals surface area contributed by atoms with Crippen molar-refractivity contribution >= 4 is 11.9 Å². The van der Waals surface area contributed by atoms with Crippen molar-refractivity contribution in [2.75, 3.05) is 6.61 Å². The van der Waals surface area contributed by atoms with Gasteiger partial charge in [0.2, 0.25) is 0 Å². The second kappa shape index (κ2) is 6.36. The summed E-state index contributed by atoms with van der Waals surface area (Å²) in [4.78, 5) is 22.8. The predicted octanol–water partition coefficient (Wildman–Crippen LogP) is 1.82. The minimum absolute atomic E-state index is 0.0507. The maximum absolute atomic E-state index is 13.3. The van der Waals surface area contributed by atoms with Gasteiger partial charge >= 0.3 is 5.97 Å². The number of carbonyl (C=O) groups is 2. The van der Waals surface area contributed by atoms with Gasteiger partial charge in [-0.15, -0.1) is 0 Å². The smallest absolute Gasteiger partial charge is 0.326 e. The Labute approximate surface area is 116 Å². The Bertz CT molecular complexity index is 496. The number of amides is 1. The first-order valence-corrected chi connectivity index (χ1v) is 6.11. The molecule has 0 aliphatic carbocycles. The number of nitrogens with one attached hydrogen (secondary N) is 1. The fourth-order valence-corrected chi connectivity index (χ4v) is 1.56. The maximum atomic E-state index is 13.3. The van der Waals surface area contributed by atoms with E-state index in [1.807, 2.05) is 0 Å². The predicted molar refractivity (Wildman–Crippen MR) is 70.9 cm³/mol. The average Bonchev–Trinajstić information content (AvgIpc) is 2.33. The lowest BCUT2D eigenvalue weighted by Crippen LogP contribution is -2.50. The Balaban J connectivity index is 2.60. The number of carbonyl (C=O) groups excluding carboxylic acids is 1. The fraction of sp³-hybridized carbons (Fsp3) is 0.429. The zero-order valence-corrected chi connectivity index (χ0v) is 11.6. The first-order chi connectivity index (χ1) is 9.21. The van der Waals surface area contributed by atoms with Gasteiger partial charge in [-0.3, -0.25) is 4.79 Å². The van der Waals surface area contributed by atoms with Gasteiger partial charge in [0.15, 0.2) is 18.2 Å². The van der Waals surface area contributed by atoms with Crippen LogP contribution in [0, 0.1) is 11.2 Å². The molecule has 0 bridgehead atoms. The lowest BCUT2D eigenvalue weighted by atomic mass is 9.87. The molecule has 1 atom stereocenters. The van der Waals surface area contributed by atoms with E-state index in [2.05, 4.69) is 5.32 Å². The van der Waals surface area contributed by atoms with E-state index in [4.69, 9.17) is 9.84 Å². The number of hydrogen-bond acceptors (Lipinski definition) is 3. The number of carboxylic acid groups (broad SMARTS) is 1. The summed E-state index contributed by atoms with van der Waals surface area (Å²) in [6.45, 7) is 4.65. The van der Waals surface area contributed by atoms with E-state index in [1.165, 1.54) is 18.2 Å². The minimum Gasteiger partial charge on any atom is -0.481 e. The lowest BCUT2D eigenvalue weighted by Gasteiger charge is -2.27. The number of carboxylic acids is 1. The second-order valence-electron chi connectivity index (χ2n) is 5.42. The Morgan fingerprint density at radius 1 is 1.35 bits per heavy atom. The molecule has 2 N–H and O–H groups in total. The SMILES string of the molecule is CC(C)(C)[C@@H](NC(=O)COc1ccccc1F)C(=O)O. The number of aliphatic carboxylic acids is 1. The zero-order valence-electron chi connectivity index (χ0n) is 11.6. The van der Waals surface area contributed by atoms with Crippen LogP contribution >= 0.6 is 0 Å². The molecule has 1 rings (SSSR count). The van der Waals surface area contributed by atoms with E-state index < -0.39 is 35.8 Å². The third-order valence-electron chi connectivity index (χ3n) is 2.61. The number of rotatable bonds is 5. The summed E-state index contributed by atoms with van der Waals surface area (Å²) in [7, 11) is 0. The van der Waals surface area contributed by atoms with Crippen LogP contribution in [-0.2, 0) is 9.59 Å². The van der Waals surface area contributed by atoms with Crippen molar-refractivity contribution in [1.29, 1.82) is 0 Å². The molecule has 1 aromatic rings. The van der Waals surface area contributed by atoms with E-state index in [-0.39, 0.29) is 5.75 Å². The average molecular weight is 283 g/mol. The molecule has 0 saturated heterocycles. The zero-order chi connectivity index (χ0) is 15.3. The van der Waals surface area contributed by atoms with Gasteiger partial charge in [-0.2, -0.15) is 0 Å². The Morgan fingerprint density at radius 2 is 1.95 bits per heavy atom. The van der Waals surface area contributed by atoms with Gasteiger partial charge in [-0.1, -0.05) is 32.9 Å². The third-order valence-corrected chi connectivity index (χ3v) is 2.61. The van der Waals surface area contributed by atoms with Gasteiger partial charge in [-0.05, 0) is 17.5 Å². The molecule has 0 saturated carbocycles. The van der Waals surface area contributed by atoms with E-state index >= 15 is 0 Å². The van der Waals surface area contributed by atoms with Gasteiger partial charge in [0.25, 0.3) is 5.91 Å². The van der Waals surface area contributed by atoms with Crippen LogP contribution in [0.4, 0.5) is 4.39 Å². The summed E-state index contributed by atoms with van der Waals surface area (Å²) in [5, 5.41) is 11.4. The summed E-state index contributed by atoms with van der Waals surface area (Å²) in [6, 6.07) is 4.64. The van der Waals surface area contributed by atoms with E-state index in [0.29, 0.717) is 0 Å². The topological polar surface area (TPSA) is 75.6 Å². The van der Waals surface area contributed by atoms with Gasteiger partial charge in [0, 0.05) is 0 Å². The van der Waals surface area contributed by atoms with Crippen molar-refractivity contribution in [2.24, 2.45) is 5.41 Å². The molecule has 110 valence electrons. The Morgan fingerprint density at radius 3 is 2.45 bits per heavy atom. The van der Waals surface area contributed by atoms with Crippen LogP contribution < -0.4 is 10.1 Å². The number of halogens is 1. The molecule has 6 heteroatoms. The van der Waals surface area contributed by atoms with Crippen LogP contribution in [0.1, 0.15) is 20.8 Å². The van der Waals surface area contributed by atoms with Gasteiger partial charge in [0.05, 0.1) is 0 Å². The highest BCUT2D eigenvalue weighted by molar-refractivity contribution is 5.84. The minimum atomic E-state index is -1.13. The van der Waals surface area contributed by atoms with Crippen molar-refractivity contribution in [3.8, 4) is 5.75 Å². The van der Waals surface area contributed by atoms with Crippen LogP contribution in [0.5, 0.6) is 5.75 Å². The molecular weight excluding hydrogens is 265 g/mol. The first-order valence-electron chi connectivity index (χ1n) is 6.11. The first kappa shape index (κ1) is 15.9. The molecule has 20 heavy (non-hydrogen) atoms. The molecule has 0 heterocycles. The monoisotopic (exact) mass is 283 g/mol. The highest BCUT2D eigenvalue weighted by Gasteiger charge is 2.32. The maximum Gasteiger partial charge on any atom is 0.326 e. The van der Waals surface area contributed by atoms with Crippen molar-refractivity contribution in [3.63, 3.8) is 0 Å². The molecule has 0 aromatic heterocycles. The summed E-state index contributed by atoms with van der Waals surface area (Å²) < 4.78 is 18.3. The standard InChI is InChI=1S/C14H18FNO4/c1-14(2,3)12(13(18)19)16-11(17)8-20-10-7-5-4-6-9(10)15/h4-7,12H,8H2,1-3H3,(H,16,17)(H,18,19)/t12-/m0/s1. The lowest BCUT2D eigenvalue weighted by molar-refractivity contribution is -0.145. The van der Waals surface area contributed by atoms with Gasteiger partial charge in [-0.25, -0.2) is 9.18 Å². The normalized spacial score (nSPS) is 12.6. The molecule has 0 unspecified atom stereocenters. The summed E-state index contributed by atoms with van der Waals surface area (Å²) in [5.74, 6) is -2.37. The molecule has 0 aliphatic heterocycles. The van der Waals surface area contributed by atoms with Crippen molar-refractivity contribution in [2.45, 2.75) is 26.8 Å². The molecule has 5 nitrogen and oxygen atoms in total. The van der Waals surface area contributed by atoms with Crippen LogP contribution in [0.2, 0.25) is 0 Å². The van der Waals surface area contributed by atoms with Crippen molar-refractivity contribution < 1.29 is 23.8 Å². The van der Waals surface area contributed by atoms with Crippen LogP contribution in [-0.4, -0.2) is 29.6 Å². The number of ether oxygens (including phenoxy) is 1. The third kappa shape index (κ3) is 4.53. The van der Waals surface area contributed by atoms with E-state index in [9.17, 15) is 14.0 Å².